The van der Waals surface area contributed by atoms with Crippen molar-refractivity contribution < 1.29 is 0 Å². The minimum atomic E-state index is 0.487. The third kappa shape index (κ3) is 5.06. The molecule has 0 unspecified atom stereocenters. The number of benzene rings is 5. The van der Waals surface area contributed by atoms with E-state index in [4.69, 9.17) is 9.97 Å². The van der Waals surface area contributed by atoms with Gasteiger partial charge in [0.2, 0.25) is 0 Å². The molecule has 0 bridgehead atoms. The lowest BCUT2D eigenvalue weighted by molar-refractivity contribution is 0.925. The van der Waals surface area contributed by atoms with Crippen molar-refractivity contribution in [2.24, 2.45) is 0 Å². The van der Waals surface area contributed by atoms with Gasteiger partial charge < -0.3 is 9.47 Å². The SMILES string of the molecule is C=C/C(C#N)=C\C=C\c1cc(N2Cc3ccc(-n4c5ccccc5c5ccccc54)cc3-c3cc(C)ccc32)nc(-c2ccccc2)n1. The van der Waals surface area contributed by atoms with Gasteiger partial charge in [-0.15, -0.1) is 0 Å². The van der Waals surface area contributed by atoms with Gasteiger partial charge in [-0.05, 0) is 66.6 Å². The van der Waals surface area contributed by atoms with Crippen LogP contribution in [0.2, 0.25) is 0 Å². The Balaban J connectivity index is 1.27. The zero-order valence-electron chi connectivity index (χ0n) is 26.5. The van der Waals surface area contributed by atoms with Crippen LogP contribution in [0.4, 0.5) is 11.5 Å². The van der Waals surface area contributed by atoms with Crippen LogP contribution in [0.3, 0.4) is 0 Å². The Bertz CT molecular complexity index is 2420. The van der Waals surface area contributed by atoms with Gasteiger partial charge >= 0.3 is 0 Å². The molecule has 5 heteroatoms. The van der Waals surface area contributed by atoms with Crippen molar-refractivity contribution in [1.82, 2.24) is 14.5 Å². The number of hydrogen-bond donors (Lipinski definition) is 0. The largest absolute Gasteiger partial charge is 0.321 e. The fourth-order valence-electron chi connectivity index (χ4n) is 6.65. The number of fused-ring (bicyclic) bond motifs is 6. The van der Waals surface area contributed by atoms with E-state index in [1.54, 1.807) is 12.2 Å². The molecule has 7 aromatic rings. The quantitative estimate of drug-likeness (QED) is 0.138. The Morgan fingerprint density at radius 1 is 0.792 bits per heavy atom. The van der Waals surface area contributed by atoms with E-state index in [1.165, 1.54) is 44.1 Å². The molecule has 0 fully saturated rings. The summed E-state index contributed by atoms with van der Waals surface area (Å²) in [5, 5.41) is 11.8. The van der Waals surface area contributed by atoms with Crippen molar-refractivity contribution in [3.05, 3.63) is 169 Å². The fourth-order valence-corrected chi connectivity index (χ4v) is 6.65. The van der Waals surface area contributed by atoms with E-state index in [9.17, 15) is 5.26 Å². The zero-order chi connectivity index (χ0) is 32.6. The molecule has 0 saturated carbocycles. The number of hydrogen-bond acceptors (Lipinski definition) is 4. The van der Waals surface area contributed by atoms with Crippen molar-refractivity contribution in [2.75, 3.05) is 4.90 Å². The summed E-state index contributed by atoms with van der Waals surface area (Å²) in [5.74, 6) is 1.45. The number of aryl methyl sites for hydroxylation is 1. The summed E-state index contributed by atoms with van der Waals surface area (Å²) in [6.45, 7) is 6.52. The molecule has 0 spiro atoms. The van der Waals surface area contributed by atoms with Gasteiger partial charge in [-0.25, -0.2) is 9.97 Å². The van der Waals surface area contributed by atoms with E-state index < -0.39 is 0 Å². The normalized spacial score (nSPS) is 12.7. The Kier molecular flexibility index (Phi) is 7.24. The lowest BCUT2D eigenvalue weighted by Crippen LogP contribution is -2.23. The van der Waals surface area contributed by atoms with Gasteiger partial charge in [0.05, 0.1) is 40.6 Å². The minimum Gasteiger partial charge on any atom is -0.321 e. The highest BCUT2D eigenvalue weighted by Gasteiger charge is 2.26. The van der Waals surface area contributed by atoms with Crippen LogP contribution >= 0.6 is 0 Å². The predicted molar refractivity (Wildman–Crippen MR) is 197 cm³/mol. The summed E-state index contributed by atoms with van der Waals surface area (Å²) < 4.78 is 2.38. The fraction of sp³-hybridized carbons (Fsp3) is 0.0465. The highest BCUT2D eigenvalue weighted by atomic mass is 15.2. The smallest absolute Gasteiger partial charge is 0.162 e. The third-order valence-corrected chi connectivity index (χ3v) is 8.93. The van der Waals surface area contributed by atoms with Crippen LogP contribution in [0.25, 0.3) is 56.1 Å². The van der Waals surface area contributed by atoms with Gasteiger partial charge in [-0.1, -0.05) is 103 Å². The number of nitrogens with zero attached hydrogens (tertiary/aromatic N) is 5. The third-order valence-electron chi connectivity index (χ3n) is 8.93. The molecule has 0 aliphatic carbocycles. The summed E-state index contributed by atoms with van der Waals surface area (Å²) in [6, 6.07) is 44.9. The van der Waals surface area contributed by atoms with Gasteiger partial charge in [-0.2, -0.15) is 5.26 Å². The van der Waals surface area contributed by atoms with Crippen LogP contribution in [-0.2, 0) is 6.54 Å². The van der Waals surface area contributed by atoms with Gasteiger partial charge in [0.15, 0.2) is 5.82 Å². The Hall–Kier alpha value is -6.51. The molecule has 228 valence electrons. The first kappa shape index (κ1) is 28.9. The van der Waals surface area contributed by atoms with Crippen LogP contribution < -0.4 is 4.90 Å². The van der Waals surface area contributed by atoms with E-state index >= 15 is 0 Å². The average molecular weight is 618 g/mol. The second-order valence-electron chi connectivity index (χ2n) is 12.0. The number of rotatable bonds is 6. The molecule has 1 aliphatic rings. The molecule has 3 heterocycles. The Morgan fingerprint density at radius 3 is 2.25 bits per heavy atom. The molecule has 8 rings (SSSR count). The maximum absolute atomic E-state index is 9.33. The van der Waals surface area contributed by atoms with Crippen molar-refractivity contribution in [2.45, 2.75) is 13.5 Å². The molecule has 1 aliphatic heterocycles. The molecular weight excluding hydrogens is 587 g/mol. The molecule has 0 saturated heterocycles. The summed E-state index contributed by atoms with van der Waals surface area (Å²) in [6.07, 6.45) is 7.02. The zero-order valence-corrected chi connectivity index (χ0v) is 26.5. The van der Waals surface area contributed by atoms with Gasteiger partial charge in [0, 0.05) is 33.7 Å². The van der Waals surface area contributed by atoms with Crippen LogP contribution in [0.1, 0.15) is 16.8 Å². The number of allylic oxidation sites excluding steroid dienone is 4. The summed E-state index contributed by atoms with van der Waals surface area (Å²) in [7, 11) is 0. The minimum absolute atomic E-state index is 0.487. The maximum atomic E-state index is 9.33. The van der Waals surface area contributed by atoms with Gasteiger partial charge in [0.25, 0.3) is 0 Å². The highest BCUT2D eigenvalue weighted by Crippen LogP contribution is 2.44. The second-order valence-corrected chi connectivity index (χ2v) is 12.0. The van der Waals surface area contributed by atoms with Crippen molar-refractivity contribution in [3.8, 4) is 34.3 Å². The molecule has 5 aromatic carbocycles. The molecule has 2 aromatic heterocycles. The molecular formula is C43H31N5. The predicted octanol–water partition coefficient (Wildman–Crippen LogP) is 10.5. The second kappa shape index (κ2) is 12.0. The van der Waals surface area contributed by atoms with Gasteiger partial charge in [0.1, 0.15) is 5.82 Å². The lowest BCUT2D eigenvalue weighted by atomic mass is 9.91. The number of para-hydroxylation sites is 2. The average Bonchev–Trinajstić information content (AvgIpc) is 3.47. The van der Waals surface area contributed by atoms with E-state index in [0.717, 1.165) is 28.5 Å². The molecule has 48 heavy (non-hydrogen) atoms. The van der Waals surface area contributed by atoms with Gasteiger partial charge in [-0.3, -0.25) is 0 Å². The molecule has 0 radical (unpaired) electrons. The standard InChI is InChI=1S/C43H31N5/c1-3-30(27-44)12-11-15-33-25-42(46-43(45-33)31-13-5-4-6-14-31)47-28-32-21-22-34(26-37(32)38-24-29(2)20-23-39(38)47)48-40-18-9-7-16-35(40)36-17-8-10-19-41(36)48/h3-26H,1,28H2,2H3/b15-11+,30-12+. The van der Waals surface area contributed by atoms with E-state index in [0.29, 0.717) is 17.9 Å². The van der Waals surface area contributed by atoms with E-state index in [2.05, 4.69) is 114 Å². The first-order chi connectivity index (χ1) is 23.6. The van der Waals surface area contributed by atoms with Crippen LogP contribution in [0, 0.1) is 18.3 Å². The Labute approximate surface area is 279 Å². The molecule has 5 nitrogen and oxygen atoms in total. The molecule has 0 atom stereocenters. The summed E-state index contributed by atoms with van der Waals surface area (Å²) in [4.78, 5) is 12.3. The number of aromatic nitrogens is 3. The topological polar surface area (TPSA) is 57.7 Å². The summed E-state index contributed by atoms with van der Waals surface area (Å²) in [5.41, 5.74) is 11.6. The van der Waals surface area contributed by atoms with Crippen molar-refractivity contribution >= 4 is 39.4 Å². The van der Waals surface area contributed by atoms with E-state index in [-0.39, 0.29) is 0 Å². The monoisotopic (exact) mass is 617 g/mol. The molecule has 0 N–H and O–H groups in total. The van der Waals surface area contributed by atoms with Crippen LogP contribution in [-0.4, -0.2) is 14.5 Å². The van der Waals surface area contributed by atoms with Crippen molar-refractivity contribution in [3.63, 3.8) is 0 Å². The first-order valence-corrected chi connectivity index (χ1v) is 16.0. The number of anilines is 2. The van der Waals surface area contributed by atoms with Crippen LogP contribution in [0.5, 0.6) is 0 Å². The highest BCUT2D eigenvalue weighted by molar-refractivity contribution is 6.09. The Morgan fingerprint density at radius 2 is 1.52 bits per heavy atom. The first-order valence-electron chi connectivity index (χ1n) is 16.0. The maximum Gasteiger partial charge on any atom is 0.162 e. The summed E-state index contributed by atoms with van der Waals surface area (Å²) >= 11 is 0. The lowest BCUT2D eigenvalue weighted by Gasteiger charge is -2.33. The number of nitriles is 1. The van der Waals surface area contributed by atoms with Crippen LogP contribution in [0.15, 0.2) is 152 Å². The van der Waals surface area contributed by atoms with Crippen molar-refractivity contribution in [1.29, 1.82) is 5.26 Å². The van der Waals surface area contributed by atoms with E-state index in [1.807, 2.05) is 48.6 Å². The molecule has 0 amide bonds.